The van der Waals surface area contributed by atoms with Crippen LogP contribution < -0.4 is 31.4 Å². The van der Waals surface area contributed by atoms with Gasteiger partial charge in [0.15, 0.2) is 0 Å². The fourth-order valence-corrected chi connectivity index (χ4v) is 4.00. The Bertz CT molecular complexity index is 1470. The van der Waals surface area contributed by atoms with E-state index in [2.05, 4.69) is 10.3 Å². The minimum Gasteiger partial charge on any atom is -0.495 e. The van der Waals surface area contributed by atoms with Gasteiger partial charge in [0.05, 0.1) is 43.1 Å². The predicted molar refractivity (Wildman–Crippen MR) is 158 cm³/mol. The number of halogens is 3. The molecule has 0 radical (unpaired) electrons. The fraction of sp³-hybridized carbons (Fsp3) is 0.333. The number of nitrogens with zero attached hydrogens (tertiary/aromatic N) is 3. The van der Waals surface area contributed by atoms with E-state index in [4.69, 9.17) is 21.1 Å². The smallest absolute Gasteiger partial charge is 0.416 e. The predicted octanol–water partition coefficient (Wildman–Crippen LogP) is 5.55. The van der Waals surface area contributed by atoms with Crippen molar-refractivity contribution in [1.29, 1.82) is 0 Å². The SMILES string of the molecule is COc1cncc(/C(N)=C/N(N)c2cc(C(=O)Nc3cc(C(F)(F)F)cc(CN(C)C(C)(C)C)c3OC)ccc2C)c1. The van der Waals surface area contributed by atoms with Gasteiger partial charge < -0.3 is 20.5 Å². The number of carbonyl (C=O) groups is 1. The van der Waals surface area contributed by atoms with Crippen molar-refractivity contribution in [3.05, 3.63) is 82.8 Å². The van der Waals surface area contributed by atoms with Crippen LogP contribution in [0.15, 0.2) is 55.0 Å². The number of nitrogens with one attached hydrogen (secondary N) is 1. The van der Waals surface area contributed by atoms with E-state index in [1.807, 2.05) is 25.7 Å². The number of rotatable bonds is 9. The first-order valence-electron chi connectivity index (χ1n) is 13.0. The average molecular weight is 587 g/mol. The maximum Gasteiger partial charge on any atom is 0.416 e. The van der Waals surface area contributed by atoms with Gasteiger partial charge in [0.2, 0.25) is 0 Å². The summed E-state index contributed by atoms with van der Waals surface area (Å²) in [6, 6.07) is 8.35. The Morgan fingerprint density at radius 3 is 2.33 bits per heavy atom. The summed E-state index contributed by atoms with van der Waals surface area (Å²) in [5.74, 6) is 6.29. The van der Waals surface area contributed by atoms with Crippen LogP contribution in [0.5, 0.6) is 11.5 Å². The Balaban J connectivity index is 1.97. The Labute approximate surface area is 243 Å². The van der Waals surface area contributed by atoms with Crippen LogP contribution in [0.3, 0.4) is 0 Å². The van der Waals surface area contributed by atoms with E-state index in [9.17, 15) is 18.0 Å². The number of ether oxygens (including phenoxy) is 2. The molecule has 3 aromatic rings. The summed E-state index contributed by atoms with van der Waals surface area (Å²) in [5, 5.41) is 3.86. The number of hydrogen-bond donors (Lipinski definition) is 3. The zero-order valence-corrected chi connectivity index (χ0v) is 24.8. The number of alkyl halides is 3. The Morgan fingerprint density at radius 2 is 1.74 bits per heavy atom. The number of hydrogen-bond acceptors (Lipinski definition) is 8. The molecule has 1 aromatic heterocycles. The summed E-state index contributed by atoms with van der Waals surface area (Å²) < 4.78 is 52.3. The van der Waals surface area contributed by atoms with Gasteiger partial charge >= 0.3 is 6.18 Å². The molecule has 0 atom stereocenters. The lowest BCUT2D eigenvalue weighted by Gasteiger charge is -2.32. The topological polar surface area (TPSA) is 119 Å². The molecule has 0 fully saturated rings. The largest absolute Gasteiger partial charge is 0.495 e. The first-order chi connectivity index (χ1) is 19.5. The fourth-order valence-electron chi connectivity index (χ4n) is 4.00. The van der Waals surface area contributed by atoms with Gasteiger partial charge in [0.25, 0.3) is 5.91 Å². The summed E-state index contributed by atoms with van der Waals surface area (Å²) in [6.45, 7) is 7.79. The maximum atomic E-state index is 13.9. The minimum absolute atomic E-state index is 0.101. The van der Waals surface area contributed by atoms with E-state index < -0.39 is 17.6 Å². The summed E-state index contributed by atoms with van der Waals surface area (Å²) >= 11 is 0. The molecule has 9 nitrogen and oxygen atoms in total. The molecule has 0 aliphatic carbocycles. The van der Waals surface area contributed by atoms with Crippen molar-refractivity contribution in [3.63, 3.8) is 0 Å². The van der Waals surface area contributed by atoms with Gasteiger partial charge in [-0.15, -0.1) is 0 Å². The molecule has 3 rings (SSSR count). The van der Waals surface area contributed by atoms with Gasteiger partial charge in [0, 0.05) is 41.2 Å². The maximum absolute atomic E-state index is 13.9. The van der Waals surface area contributed by atoms with Gasteiger partial charge in [-0.2, -0.15) is 13.2 Å². The Kier molecular flexibility index (Phi) is 9.75. The number of nitrogens with two attached hydrogens (primary N) is 2. The highest BCUT2D eigenvalue weighted by Crippen LogP contribution is 2.39. The first-order valence-corrected chi connectivity index (χ1v) is 13.0. The van der Waals surface area contributed by atoms with Crippen molar-refractivity contribution < 1.29 is 27.4 Å². The molecule has 0 bridgehead atoms. The molecule has 1 heterocycles. The zero-order valence-electron chi connectivity index (χ0n) is 24.8. The van der Waals surface area contributed by atoms with Gasteiger partial charge in [0.1, 0.15) is 11.5 Å². The molecule has 2 aromatic carbocycles. The third-order valence-corrected chi connectivity index (χ3v) is 6.81. The second-order valence-electron chi connectivity index (χ2n) is 10.8. The van der Waals surface area contributed by atoms with Crippen molar-refractivity contribution in [3.8, 4) is 11.5 Å². The summed E-state index contributed by atoms with van der Waals surface area (Å²) in [6.07, 6.45) is -0.0833. The molecule has 12 heteroatoms. The Morgan fingerprint density at radius 1 is 1.05 bits per heavy atom. The second-order valence-corrected chi connectivity index (χ2v) is 10.8. The minimum atomic E-state index is -4.64. The number of anilines is 2. The van der Waals surface area contributed by atoms with E-state index in [0.717, 1.165) is 17.7 Å². The molecular weight excluding hydrogens is 549 g/mol. The molecule has 0 aliphatic rings. The van der Waals surface area contributed by atoms with E-state index >= 15 is 0 Å². The van der Waals surface area contributed by atoms with Crippen LogP contribution in [0.2, 0.25) is 0 Å². The molecule has 5 N–H and O–H groups in total. The van der Waals surface area contributed by atoms with Crippen LogP contribution in [0.25, 0.3) is 5.70 Å². The van der Waals surface area contributed by atoms with E-state index in [1.165, 1.54) is 37.7 Å². The molecule has 226 valence electrons. The van der Waals surface area contributed by atoms with Crippen LogP contribution >= 0.6 is 0 Å². The second kappa shape index (κ2) is 12.7. The molecule has 42 heavy (non-hydrogen) atoms. The van der Waals surface area contributed by atoms with Crippen molar-refractivity contribution >= 4 is 23.0 Å². The van der Waals surface area contributed by atoms with E-state index in [0.29, 0.717) is 22.7 Å². The first kappa shape index (κ1) is 32.2. The number of aromatic nitrogens is 1. The highest BCUT2D eigenvalue weighted by atomic mass is 19.4. The van der Waals surface area contributed by atoms with Crippen molar-refractivity contribution in [1.82, 2.24) is 9.88 Å². The lowest BCUT2D eigenvalue weighted by molar-refractivity contribution is -0.137. The number of amides is 1. The van der Waals surface area contributed by atoms with Crippen molar-refractivity contribution in [2.75, 3.05) is 31.6 Å². The number of aryl methyl sites for hydroxylation is 1. The third kappa shape index (κ3) is 7.71. The summed E-state index contributed by atoms with van der Waals surface area (Å²) in [5.41, 5.74) is 7.38. The van der Waals surface area contributed by atoms with E-state index in [1.54, 1.807) is 38.4 Å². The van der Waals surface area contributed by atoms with Gasteiger partial charge in [-0.25, -0.2) is 5.84 Å². The normalized spacial score (nSPS) is 12.3. The van der Waals surface area contributed by atoms with Crippen LogP contribution in [-0.4, -0.2) is 42.6 Å². The third-order valence-electron chi connectivity index (χ3n) is 6.81. The number of benzene rings is 2. The van der Waals surface area contributed by atoms with Gasteiger partial charge in [-0.1, -0.05) is 6.07 Å². The van der Waals surface area contributed by atoms with Crippen molar-refractivity contribution in [2.45, 2.75) is 46.0 Å². The van der Waals surface area contributed by atoms with Crippen molar-refractivity contribution in [2.24, 2.45) is 11.6 Å². The molecule has 1 amide bonds. The summed E-state index contributed by atoms with van der Waals surface area (Å²) in [7, 11) is 4.66. The highest BCUT2D eigenvalue weighted by Gasteiger charge is 2.33. The molecule has 0 spiro atoms. The lowest BCUT2D eigenvalue weighted by Crippen LogP contribution is -2.37. The monoisotopic (exact) mass is 586 g/mol. The van der Waals surface area contributed by atoms with Gasteiger partial charge in [-0.05, 0) is 70.6 Å². The number of methoxy groups -OCH3 is 2. The Hall–Kier alpha value is -4.29. The highest BCUT2D eigenvalue weighted by molar-refractivity contribution is 6.06. The summed E-state index contributed by atoms with van der Waals surface area (Å²) in [4.78, 5) is 19.3. The van der Waals surface area contributed by atoms with Crippen LogP contribution in [-0.2, 0) is 12.7 Å². The molecule has 0 saturated heterocycles. The zero-order chi connectivity index (χ0) is 31.4. The molecular formula is C30H37F3N6O3. The standard InChI is InChI=1S/C30H37F3N6O3/c1-18-8-9-19(12-26(18)39(35)17-24(34)20-11-23(41-6)15-36-14-20)28(40)37-25-13-22(30(31,32)33)10-21(27(25)42-7)16-38(5)29(2,3)4/h8-15,17H,16,34-35H2,1-7H3,(H,37,40)/b24-17-. The van der Waals surface area contributed by atoms with Crippen LogP contribution in [0, 0.1) is 6.92 Å². The van der Waals surface area contributed by atoms with Gasteiger partial charge in [-0.3, -0.25) is 19.7 Å². The van der Waals surface area contributed by atoms with E-state index in [-0.39, 0.29) is 34.6 Å². The number of carbonyl (C=O) groups excluding carboxylic acids is 1. The quantitative estimate of drug-likeness (QED) is 0.221. The van der Waals surface area contributed by atoms with Crippen LogP contribution in [0.1, 0.15) is 53.4 Å². The lowest BCUT2D eigenvalue weighted by atomic mass is 10.0. The molecule has 0 saturated carbocycles. The molecule has 0 aliphatic heterocycles. The average Bonchev–Trinajstić information content (AvgIpc) is 2.91. The number of pyridine rings is 1. The number of hydrazine groups is 1. The molecule has 0 unspecified atom stereocenters. The van der Waals surface area contributed by atoms with Crippen LogP contribution in [0.4, 0.5) is 24.5 Å².